The molecule has 0 radical (unpaired) electrons. The number of rotatable bonds is 1. The van der Waals surface area contributed by atoms with E-state index in [1.165, 1.54) is 6.07 Å². The SMILES string of the molecule is FC(F)(F)c1ccc(-c2c(Cl)cccc2C(F)(F)F)cc1Cl. The van der Waals surface area contributed by atoms with Gasteiger partial charge in [-0.15, -0.1) is 0 Å². The molecule has 0 bridgehead atoms. The summed E-state index contributed by atoms with van der Waals surface area (Å²) in [5.41, 5.74) is -2.72. The molecule has 0 aliphatic carbocycles. The minimum atomic E-state index is -4.70. The Labute approximate surface area is 131 Å². The zero-order valence-corrected chi connectivity index (χ0v) is 12.0. The van der Waals surface area contributed by atoms with Gasteiger partial charge in [-0.1, -0.05) is 35.3 Å². The number of alkyl halides is 6. The molecular formula is C14H6Cl2F6. The first-order valence-corrected chi connectivity index (χ1v) is 6.50. The molecule has 0 saturated heterocycles. The van der Waals surface area contributed by atoms with Gasteiger partial charge in [0.1, 0.15) is 0 Å². The fourth-order valence-corrected chi connectivity index (χ4v) is 2.53. The summed E-state index contributed by atoms with van der Waals surface area (Å²) in [6, 6.07) is 5.48. The van der Waals surface area contributed by atoms with Gasteiger partial charge in [-0.2, -0.15) is 26.3 Å². The van der Waals surface area contributed by atoms with Gasteiger partial charge in [0.05, 0.1) is 16.1 Å². The molecule has 0 amide bonds. The van der Waals surface area contributed by atoms with Crippen LogP contribution in [0.15, 0.2) is 36.4 Å². The molecule has 0 spiro atoms. The Kier molecular flexibility index (Phi) is 4.37. The van der Waals surface area contributed by atoms with Gasteiger partial charge < -0.3 is 0 Å². The molecule has 0 fully saturated rings. The van der Waals surface area contributed by atoms with Gasteiger partial charge in [0.25, 0.3) is 0 Å². The van der Waals surface area contributed by atoms with Gasteiger partial charge in [0.2, 0.25) is 0 Å². The number of hydrogen-bond acceptors (Lipinski definition) is 0. The van der Waals surface area contributed by atoms with Crippen molar-refractivity contribution >= 4 is 23.2 Å². The highest BCUT2D eigenvalue weighted by atomic mass is 35.5. The molecule has 0 aliphatic heterocycles. The Hall–Kier alpha value is -1.40. The number of hydrogen-bond donors (Lipinski definition) is 0. The second kappa shape index (κ2) is 5.66. The van der Waals surface area contributed by atoms with Crippen molar-refractivity contribution in [3.8, 4) is 11.1 Å². The fraction of sp³-hybridized carbons (Fsp3) is 0.143. The number of benzene rings is 2. The second-order valence-electron chi connectivity index (χ2n) is 4.35. The van der Waals surface area contributed by atoms with Crippen LogP contribution in [0, 0.1) is 0 Å². The molecule has 2 rings (SSSR count). The highest BCUT2D eigenvalue weighted by Gasteiger charge is 2.36. The van der Waals surface area contributed by atoms with Crippen LogP contribution < -0.4 is 0 Å². The quantitative estimate of drug-likeness (QED) is 0.497. The molecular weight excluding hydrogens is 353 g/mol. The van der Waals surface area contributed by atoms with Crippen molar-refractivity contribution < 1.29 is 26.3 Å². The molecule has 0 aromatic heterocycles. The van der Waals surface area contributed by atoms with Crippen LogP contribution >= 0.6 is 23.2 Å². The average Bonchev–Trinajstić information content (AvgIpc) is 2.35. The topological polar surface area (TPSA) is 0 Å². The first-order chi connectivity index (χ1) is 10.0. The Bertz CT molecular complexity index is 703. The third-order valence-corrected chi connectivity index (χ3v) is 3.51. The number of halogens is 8. The van der Waals surface area contributed by atoms with Crippen molar-refractivity contribution in [1.29, 1.82) is 0 Å². The van der Waals surface area contributed by atoms with Gasteiger partial charge in [0.15, 0.2) is 0 Å². The van der Waals surface area contributed by atoms with Crippen molar-refractivity contribution in [2.24, 2.45) is 0 Å². The fourth-order valence-electron chi connectivity index (χ4n) is 1.95. The van der Waals surface area contributed by atoms with Crippen molar-refractivity contribution in [3.63, 3.8) is 0 Å². The molecule has 2 aromatic rings. The highest BCUT2D eigenvalue weighted by molar-refractivity contribution is 6.34. The first-order valence-electron chi connectivity index (χ1n) is 5.74. The third-order valence-electron chi connectivity index (χ3n) is 2.88. The van der Waals surface area contributed by atoms with E-state index in [-0.39, 0.29) is 10.6 Å². The minimum Gasteiger partial charge on any atom is -0.166 e. The maximum absolute atomic E-state index is 13.0. The molecule has 8 heteroatoms. The van der Waals surface area contributed by atoms with Crippen LogP contribution in [0.5, 0.6) is 0 Å². The summed E-state index contributed by atoms with van der Waals surface area (Å²) in [6.45, 7) is 0. The van der Waals surface area contributed by atoms with E-state index in [0.29, 0.717) is 6.07 Å². The Morgan fingerprint density at radius 1 is 0.682 bits per heavy atom. The van der Waals surface area contributed by atoms with Crippen molar-refractivity contribution in [1.82, 2.24) is 0 Å². The van der Waals surface area contributed by atoms with Crippen molar-refractivity contribution in [2.75, 3.05) is 0 Å². The van der Waals surface area contributed by atoms with Crippen molar-refractivity contribution in [2.45, 2.75) is 12.4 Å². The lowest BCUT2D eigenvalue weighted by Crippen LogP contribution is -2.08. The van der Waals surface area contributed by atoms with E-state index in [0.717, 1.165) is 24.3 Å². The van der Waals surface area contributed by atoms with Crippen molar-refractivity contribution in [3.05, 3.63) is 57.6 Å². The van der Waals surface area contributed by atoms with E-state index < -0.39 is 34.1 Å². The van der Waals surface area contributed by atoms with Gasteiger partial charge in [-0.3, -0.25) is 0 Å². The molecule has 22 heavy (non-hydrogen) atoms. The molecule has 0 N–H and O–H groups in total. The molecule has 0 heterocycles. The van der Waals surface area contributed by atoms with E-state index in [1.54, 1.807) is 0 Å². The molecule has 0 atom stereocenters. The van der Waals surface area contributed by atoms with E-state index in [9.17, 15) is 26.3 Å². The molecule has 0 saturated carbocycles. The van der Waals surface area contributed by atoms with Crippen LogP contribution in [-0.4, -0.2) is 0 Å². The molecule has 0 unspecified atom stereocenters. The normalized spacial score (nSPS) is 12.5. The van der Waals surface area contributed by atoms with Crippen LogP contribution in [0.4, 0.5) is 26.3 Å². The Balaban J connectivity index is 2.66. The van der Waals surface area contributed by atoms with E-state index in [1.807, 2.05) is 0 Å². The average molecular weight is 359 g/mol. The lowest BCUT2D eigenvalue weighted by atomic mass is 9.98. The standard InChI is InChI=1S/C14H6Cl2F6/c15-10-3-1-2-9(14(20,21)22)12(10)7-4-5-8(11(16)6-7)13(17,18)19/h1-6H. The van der Waals surface area contributed by atoms with Gasteiger partial charge in [-0.25, -0.2) is 0 Å². The van der Waals surface area contributed by atoms with Gasteiger partial charge in [-0.05, 0) is 29.8 Å². The van der Waals surface area contributed by atoms with Crippen LogP contribution in [0.2, 0.25) is 10.0 Å². The minimum absolute atomic E-state index is 0.143. The summed E-state index contributed by atoms with van der Waals surface area (Å²) in [5, 5.41) is -0.927. The van der Waals surface area contributed by atoms with Crippen LogP contribution in [0.1, 0.15) is 11.1 Å². The van der Waals surface area contributed by atoms with Crippen LogP contribution in [0.25, 0.3) is 11.1 Å². The first kappa shape index (κ1) is 17.0. The summed E-state index contributed by atoms with van der Waals surface area (Å²) in [6.07, 6.45) is -9.39. The van der Waals surface area contributed by atoms with E-state index in [4.69, 9.17) is 23.2 Å². The summed E-state index contributed by atoms with van der Waals surface area (Å²) < 4.78 is 77.0. The zero-order valence-electron chi connectivity index (χ0n) is 10.5. The molecule has 0 aliphatic rings. The predicted molar refractivity (Wildman–Crippen MR) is 71.9 cm³/mol. The lowest BCUT2D eigenvalue weighted by molar-refractivity contribution is -0.138. The molecule has 0 nitrogen and oxygen atoms in total. The summed E-state index contributed by atoms with van der Waals surface area (Å²) in [4.78, 5) is 0. The van der Waals surface area contributed by atoms with Gasteiger partial charge in [0, 0.05) is 10.6 Å². The lowest BCUT2D eigenvalue weighted by Gasteiger charge is -2.16. The van der Waals surface area contributed by atoms with Crippen LogP contribution in [-0.2, 0) is 12.4 Å². The van der Waals surface area contributed by atoms with Gasteiger partial charge >= 0.3 is 12.4 Å². The largest absolute Gasteiger partial charge is 0.417 e. The smallest absolute Gasteiger partial charge is 0.166 e. The Morgan fingerprint density at radius 3 is 1.77 bits per heavy atom. The maximum atomic E-state index is 13.0. The van der Waals surface area contributed by atoms with E-state index >= 15 is 0 Å². The highest BCUT2D eigenvalue weighted by Crippen LogP contribution is 2.43. The maximum Gasteiger partial charge on any atom is 0.417 e. The molecule has 118 valence electrons. The van der Waals surface area contributed by atoms with Crippen LogP contribution in [0.3, 0.4) is 0 Å². The molecule has 2 aromatic carbocycles. The van der Waals surface area contributed by atoms with E-state index in [2.05, 4.69) is 0 Å². The summed E-state index contributed by atoms with van der Waals surface area (Å²) in [5.74, 6) is 0. The predicted octanol–water partition coefficient (Wildman–Crippen LogP) is 6.70. The second-order valence-corrected chi connectivity index (χ2v) is 5.17. The zero-order chi connectivity index (χ0) is 16.7. The summed E-state index contributed by atoms with van der Waals surface area (Å²) >= 11 is 11.3. The summed E-state index contributed by atoms with van der Waals surface area (Å²) in [7, 11) is 0. The third kappa shape index (κ3) is 3.33. The Morgan fingerprint density at radius 2 is 1.27 bits per heavy atom. The monoisotopic (exact) mass is 358 g/mol.